The summed E-state index contributed by atoms with van der Waals surface area (Å²) >= 11 is 0. The third-order valence-electron chi connectivity index (χ3n) is 2.22. The first-order chi connectivity index (χ1) is 8.19. The number of nitrogens with two attached hydrogens (primary N) is 1. The first-order valence-corrected chi connectivity index (χ1v) is 7.09. The van der Waals surface area contributed by atoms with Gasteiger partial charge in [0.2, 0.25) is 10.0 Å². The highest BCUT2D eigenvalue weighted by atomic mass is 32.2. The number of hydrogen-bond donors (Lipinski definition) is 2. The molecule has 0 aliphatic rings. The molecule has 0 radical (unpaired) electrons. The maximum atomic E-state index is 12.1. The van der Waals surface area contributed by atoms with E-state index in [1.54, 1.807) is 26.8 Å². The number of benzene rings is 1. The van der Waals surface area contributed by atoms with E-state index in [1.807, 2.05) is 0 Å². The Morgan fingerprint density at radius 2 is 1.94 bits per heavy atom. The first-order valence-electron chi connectivity index (χ1n) is 5.60. The molecule has 102 valence electrons. The minimum atomic E-state index is -3.54. The van der Waals surface area contributed by atoms with Crippen LogP contribution in [0.5, 0.6) is 5.75 Å². The van der Waals surface area contributed by atoms with E-state index in [9.17, 15) is 8.42 Å². The molecule has 0 fully saturated rings. The van der Waals surface area contributed by atoms with Crippen LogP contribution < -0.4 is 15.2 Å². The second kappa shape index (κ2) is 5.26. The maximum Gasteiger partial charge on any atom is 0.241 e. The van der Waals surface area contributed by atoms with E-state index in [-0.39, 0.29) is 11.4 Å². The molecule has 1 aromatic rings. The van der Waals surface area contributed by atoms with Crippen LogP contribution in [-0.2, 0) is 16.6 Å². The van der Waals surface area contributed by atoms with Crippen molar-refractivity contribution in [1.82, 2.24) is 4.72 Å². The molecule has 1 aromatic carbocycles. The molecule has 0 bridgehead atoms. The van der Waals surface area contributed by atoms with Crippen LogP contribution in [0.25, 0.3) is 0 Å². The summed E-state index contributed by atoms with van der Waals surface area (Å²) in [6.07, 6.45) is 0. The fraction of sp³-hybridized carbons (Fsp3) is 0.500. The Morgan fingerprint density at radius 1 is 1.33 bits per heavy atom. The van der Waals surface area contributed by atoms with Crippen molar-refractivity contribution in [3.63, 3.8) is 0 Å². The van der Waals surface area contributed by atoms with Gasteiger partial charge >= 0.3 is 0 Å². The molecule has 0 atom stereocenters. The van der Waals surface area contributed by atoms with Gasteiger partial charge in [0.1, 0.15) is 5.75 Å². The number of hydrogen-bond acceptors (Lipinski definition) is 4. The molecule has 0 heterocycles. The first kappa shape index (κ1) is 14.9. The Kier molecular flexibility index (Phi) is 4.37. The predicted molar refractivity (Wildman–Crippen MR) is 71.0 cm³/mol. The Bertz CT molecular complexity index is 519. The van der Waals surface area contributed by atoms with E-state index < -0.39 is 15.6 Å². The van der Waals surface area contributed by atoms with Crippen molar-refractivity contribution in [2.45, 2.75) is 37.8 Å². The molecule has 3 N–H and O–H groups in total. The zero-order valence-electron chi connectivity index (χ0n) is 11.1. The molecule has 18 heavy (non-hydrogen) atoms. The van der Waals surface area contributed by atoms with Crippen LogP contribution in [0.15, 0.2) is 23.1 Å². The molecule has 0 saturated heterocycles. The quantitative estimate of drug-likeness (QED) is 0.863. The molecule has 5 nitrogen and oxygen atoms in total. The molecule has 0 amide bonds. The van der Waals surface area contributed by atoms with Crippen LogP contribution in [0.3, 0.4) is 0 Å². The Balaban J connectivity index is 3.18. The average molecular weight is 272 g/mol. The highest BCUT2D eigenvalue weighted by Gasteiger charge is 2.22. The summed E-state index contributed by atoms with van der Waals surface area (Å²) in [6.45, 7) is 5.59. The highest BCUT2D eigenvalue weighted by molar-refractivity contribution is 7.89. The highest BCUT2D eigenvalue weighted by Crippen LogP contribution is 2.22. The fourth-order valence-electron chi connectivity index (χ4n) is 1.54. The van der Waals surface area contributed by atoms with Gasteiger partial charge in [0.15, 0.2) is 0 Å². The summed E-state index contributed by atoms with van der Waals surface area (Å²) in [4.78, 5) is 0.193. The van der Waals surface area contributed by atoms with E-state index in [4.69, 9.17) is 10.5 Å². The lowest BCUT2D eigenvalue weighted by Crippen LogP contribution is -2.40. The van der Waals surface area contributed by atoms with Crippen LogP contribution in [0.1, 0.15) is 26.3 Å². The van der Waals surface area contributed by atoms with Gasteiger partial charge < -0.3 is 10.5 Å². The predicted octanol–water partition coefficient (Wildman–Crippen LogP) is 1.23. The molecule has 0 aromatic heterocycles. The summed E-state index contributed by atoms with van der Waals surface area (Å²) in [5, 5.41) is 0. The van der Waals surface area contributed by atoms with Gasteiger partial charge in [-0.25, -0.2) is 13.1 Å². The van der Waals surface area contributed by atoms with Crippen LogP contribution >= 0.6 is 0 Å². The van der Waals surface area contributed by atoms with Crippen molar-refractivity contribution in [3.05, 3.63) is 23.8 Å². The van der Waals surface area contributed by atoms with Crippen molar-refractivity contribution in [2.24, 2.45) is 5.73 Å². The van der Waals surface area contributed by atoms with Crippen LogP contribution in [0.4, 0.5) is 0 Å². The lowest BCUT2D eigenvalue weighted by molar-refractivity contribution is 0.409. The van der Waals surface area contributed by atoms with Gasteiger partial charge in [-0.2, -0.15) is 0 Å². The minimum Gasteiger partial charge on any atom is -0.496 e. The summed E-state index contributed by atoms with van der Waals surface area (Å²) in [7, 11) is -2.01. The number of sulfonamides is 1. The van der Waals surface area contributed by atoms with E-state index in [0.29, 0.717) is 11.3 Å². The standard InChI is InChI=1S/C12H20N2O3S/c1-12(2,3)14-18(15,16)10-5-6-11(17-4)9(7-10)8-13/h5-7,14H,8,13H2,1-4H3. The average Bonchev–Trinajstić information content (AvgIpc) is 2.24. The fourth-order valence-corrected chi connectivity index (χ4v) is 3.01. The monoisotopic (exact) mass is 272 g/mol. The van der Waals surface area contributed by atoms with Gasteiger partial charge in [-0.05, 0) is 39.0 Å². The van der Waals surface area contributed by atoms with Gasteiger partial charge in [0.05, 0.1) is 12.0 Å². The molecule has 0 aliphatic carbocycles. The smallest absolute Gasteiger partial charge is 0.241 e. The van der Waals surface area contributed by atoms with E-state index in [2.05, 4.69) is 4.72 Å². The third kappa shape index (κ3) is 3.69. The molecular weight excluding hydrogens is 252 g/mol. The van der Waals surface area contributed by atoms with E-state index >= 15 is 0 Å². The molecule has 6 heteroatoms. The van der Waals surface area contributed by atoms with Crippen LogP contribution in [0.2, 0.25) is 0 Å². The van der Waals surface area contributed by atoms with Crippen molar-refractivity contribution in [3.8, 4) is 5.75 Å². The van der Waals surface area contributed by atoms with Gasteiger partial charge in [-0.3, -0.25) is 0 Å². The van der Waals surface area contributed by atoms with E-state index in [0.717, 1.165) is 0 Å². The minimum absolute atomic E-state index is 0.193. The topological polar surface area (TPSA) is 81.4 Å². The lowest BCUT2D eigenvalue weighted by atomic mass is 10.1. The summed E-state index contributed by atoms with van der Waals surface area (Å²) in [6, 6.07) is 4.65. The zero-order valence-corrected chi connectivity index (χ0v) is 12.0. The summed E-state index contributed by atoms with van der Waals surface area (Å²) < 4.78 is 31.9. The van der Waals surface area contributed by atoms with Crippen molar-refractivity contribution >= 4 is 10.0 Å². The van der Waals surface area contributed by atoms with Crippen molar-refractivity contribution in [2.75, 3.05) is 7.11 Å². The number of ether oxygens (including phenoxy) is 1. The van der Waals surface area contributed by atoms with Crippen molar-refractivity contribution in [1.29, 1.82) is 0 Å². The summed E-state index contributed by atoms with van der Waals surface area (Å²) in [5.74, 6) is 0.590. The number of rotatable bonds is 4. The molecule has 0 aliphatic heterocycles. The summed E-state index contributed by atoms with van der Waals surface area (Å²) in [5.41, 5.74) is 5.71. The van der Waals surface area contributed by atoms with Gasteiger partial charge in [0.25, 0.3) is 0 Å². The van der Waals surface area contributed by atoms with Crippen molar-refractivity contribution < 1.29 is 13.2 Å². The normalized spacial score (nSPS) is 12.5. The molecule has 0 unspecified atom stereocenters. The zero-order chi connectivity index (χ0) is 14.0. The molecule has 0 saturated carbocycles. The van der Waals surface area contributed by atoms with Gasteiger partial charge in [0, 0.05) is 17.6 Å². The van der Waals surface area contributed by atoms with Gasteiger partial charge in [-0.1, -0.05) is 0 Å². The number of nitrogens with one attached hydrogen (secondary N) is 1. The second-order valence-electron chi connectivity index (χ2n) is 5.03. The maximum absolute atomic E-state index is 12.1. The Labute approximate surface area is 108 Å². The van der Waals surface area contributed by atoms with Crippen LogP contribution in [-0.4, -0.2) is 21.1 Å². The molecular formula is C12H20N2O3S. The van der Waals surface area contributed by atoms with Crippen LogP contribution in [0, 0.1) is 0 Å². The van der Waals surface area contributed by atoms with Gasteiger partial charge in [-0.15, -0.1) is 0 Å². The van der Waals surface area contributed by atoms with E-state index in [1.165, 1.54) is 19.2 Å². The molecule has 1 rings (SSSR count). The Hall–Kier alpha value is -1.11. The molecule has 0 spiro atoms. The largest absolute Gasteiger partial charge is 0.496 e. The second-order valence-corrected chi connectivity index (χ2v) is 6.72. The number of methoxy groups -OCH3 is 1. The SMILES string of the molecule is COc1ccc(S(=O)(=O)NC(C)(C)C)cc1CN. The third-order valence-corrected chi connectivity index (χ3v) is 3.98. The Morgan fingerprint density at radius 3 is 2.39 bits per heavy atom. The lowest BCUT2D eigenvalue weighted by Gasteiger charge is -2.20.